The first kappa shape index (κ1) is 9.76. The van der Waals surface area contributed by atoms with Crippen LogP contribution in [0.3, 0.4) is 0 Å². The van der Waals surface area contributed by atoms with Gasteiger partial charge in [-0.2, -0.15) is 5.10 Å². The summed E-state index contributed by atoms with van der Waals surface area (Å²) in [6.07, 6.45) is 0. The molecule has 7 heteroatoms. The maximum absolute atomic E-state index is 11.7. The minimum atomic E-state index is -1.45. The molecule has 11 heavy (non-hydrogen) atoms. The predicted molar refractivity (Wildman–Crippen MR) is 41.0 cm³/mol. The zero-order valence-corrected chi connectivity index (χ0v) is 6.19. The van der Waals surface area contributed by atoms with Gasteiger partial charge in [-0.1, -0.05) is 0 Å². The highest BCUT2D eigenvalue weighted by atomic mass is 32.1. The molecule has 0 aliphatic rings. The second kappa shape index (κ2) is 4.56. The molecule has 0 aromatic carbocycles. The molecule has 0 saturated carbocycles. The van der Waals surface area contributed by atoms with Gasteiger partial charge in [0.2, 0.25) is 0 Å². The third kappa shape index (κ3) is 4.20. The highest BCUT2D eigenvalue weighted by molar-refractivity contribution is 7.80. The van der Waals surface area contributed by atoms with E-state index >= 15 is 0 Å². The van der Waals surface area contributed by atoms with Gasteiger partial charge in [0, 0.05) is 0 Å². The van der Waals surface area contributed by atoms with Crippen LogP contribution in [-0.4, -0.2) is 28.6 Å². The summed E-state index contributed by atoms with van der Waals surface area (Å²) in [5, 5.41) is 11.0. The van der Waals surface area contributed by atoms with Crippen molar-refractivity contribution in [2.75, 3.05) is 6.67 Å². The molecular formula is C4H6FN3O2S. The van der Waals surface area contributed by atoms with Crippen LogP contribution in [0.4, 0.5) is 4.39 Å². The number of carboxylic acid groups (broad SMARTS) is 1. The van der Waals surface area contributed by atoms with Crippen LogP contribution in [0, 0.1) is 0 Å². The van der Waals surface area contributed by atoms with Crippen molar-refractivity contribution in [2.24, 2.45) is 10.8 Å². The Morgan fingerprint density at radius 1 is 1.82 bits per heavy atom. The van der Waals surface area contributed by atoms with Gasteiger partial charge in [-0.3, -0.25) is 5.43 Å². The molecule has 0 bridgehead atoms. The van der Waals surface area contributed by atoms with Gasteiger partial charge in [0.25, 0.3) is 0 Å². The normalized spacial score (nSPS) is 10.8. The summed E-state index contributed by atoms with van der Waals surface area (Å²) in [7, 11) is 0. The number of thiocarbonyl (C=S) groups is 1. The highest BCUT2D eigenvalue weighted by Crippen LogP contribution is 1.79. The lowest BCUT2D eigenvalue weighted by molar-refractivity contribution is -0.129. The highest BCUT2D eigenvalue weighted by Gasteiger charge is 2.07. The Morgan fingerprint density at radius 2 is 2.36 bits per heavy atom. The molecule has 0 aliphatic carbocycles. The average molecular weight is 179 g/mol. The standard InChI is InChI=1S/C4H6FN3O2S/c5-1-2(3(9)10)7-8-4(6)11/h1H2,(H,9,10)(H3,6,8,11)/b7-2+. The molecule has 0 unspecified atom stereocenters. The molecule has 0 atom stereocenters. The summed E-state index contributed by atoms with van der Waals surface area (Å²) in [5.41, 5.74) is 6.18. The third-order valence-electron chi connectivity index (χ3n) is 0.674. The van der Waals surface area contributed by atoms with E-state index in [2.05, 4.69) is 17.3 Å². The van der Waals surface area contributed by atoms with E-state index in [0.717, 1.165) is 0 Å². The Labute approximate surface area is 67.1 Å². The summed E-state index contributed by atoms with van der Waals surface area (Å²) < 4.78 is 11.7. The van der Waals surface area contributed by atoms with Crippen molar-refractivity contribution < 1.29 is 14.3 Å². The molecule has 0 aromatic rings. The van der Waals surface area contributed by atoms with Crippen molar-refractivity contribution in [1.29, 1.82) is 0 Å². The van der Waals surface area contributed by atoms with E-state index in [1.165, 1.54) is 0 Å². The molecule has 0 amide bonds. The Balaban J connectivity index is 4.13. The summed E-state index contributed by atoms with van der Waals surface area (Å²) in [6.45, 7) is -1.18. The van der Waals surface area contributed by atoms with Gasteiger partial charge in [0.15, 0.2) is 10.8 Å². The number of nitrogens with one attached hydrogen (secondary N) is 1. The average Bonchev–Trinajstić information content (AvgIpc) is 1.87. The zero-order chi connectivity index (χ0) is 8.85. The Kier molecular flexibility index (Phi) is 4.04. The fourth-order valence-electron chi connectivity index (χ4n) is 0.257. The molecule has 4 N–H and O–H groups in total. The first-order chi connectivity index (χ1) is 5.07. The minimum absolute atomic E-state index is 0.211. The van der Waals surface area contributed by atoms with E-state index in [0.29, 0.717) is 0 Å². The number of hydrogen-bond donors (Lipinski definition) is 3. The molecule has 0 aromatic heterocycles. The Bertz CT molecular complexity index is 206. The van der Waals surface area contributed by atoms with Gasteiger partial charge in [-0.05, 0) is 12.2 Å². The number of alkyl halides is 1. The van der Waals surface area contributed by atoms with Crippen LogP contribution < -0.4 is 11.2 Å². The molecule has 0 heterocycles. The number of nitrogens with zero attached hydrogens (tertiary/aromatic N) is 1. The minimum Gasteiger partial charge on any atom is -0.477 e. The van der Waals surface area contributed by atoms with Gasteiger partial charge < -0.3 is 10.8 Å². The summed E-state index contributed by atoms with van der Waals surface area (Å²) in [6, 6.07) is 0. The first-order valence-electron chi connectivity index (χ1n) is 2.49. The summed E-state index contributed by atoms with van der Waals surface area (Å²) >= 11 is 4.29. The molecule has 0 saturated heterocycles. The lowest BCUT2D eigenvalue weighted by atomic mass is 10.4. The van der Waals surface area contributed by atoms with Crippen LogP contribution in [0.15, 0.2) is 5.10 Å². The van der Waals surface area contributed by atoms with E-state index in [4.69, 9.17) is 10.8 Å². The van der Waals surface area contributed by atoms with E-state index < -0.39 is 18.4 Å². The number of hydrazone groups is 1. The topological polar surface area (TPSA) is 87.7 Å². The quantitative estimate of drug-likeness (QED) is 0.301. The van der Waals surface area contributed by atoms with Crippen molar-refractivity contribution in [2.45, 2.75) is 0 Å². The number of nitrogens with two attached hydrogens (primary N) is 1. The van der Waals surface area contributed by atoms with Crippen LogP contribution in [-0.2, 0) is 4.79 Å². The maximum atomic E-state index is 11.7. The predicted octanol–water partition coefficient (Wildman–Crippen LogP) is -0.770. The molecule has 0 radical (unpaired) electrons. The van der Waals surface area contributed by atoms with Gasteiger partial charge in [0.1, 0.15) is 6.67 Å². The van der Waals surface area contributed by atoms with E-state index in [1.54, 1.807) is 0 Å². The molecule has 0 spiro atoms. The van der Waals surface area contributed by atoms with Crippen LogP contribution in [0.2, 0.25) is 0 Å². The molecule has 5 nitrogen and oxygen atoms in total. The number of hydrogen-bond acceptors (Lipinski definition) is 3. The van der Waals surface area contributed by atoms with Crippen molar-refractivity contribution in [1.82, 2.24) is 5.43 Å². The zero-order valence-electron chi connectivity index (χ0n) is 5.37. The maximum Gasteiger partial charge on any atom is 0.354 e. The summed E-state index contributed by atoms with van der Waals surface area (Å²) in [5.74, 6) is -1.45. The fourth-order valence-corrected chi connectivity index (χ4v) is 0.303. The van der Waals surface area contributed by atoms with Crippen LogP contribution in [0.25, 0.3) is 0 Å². The van der Waals surface area contributed by atoms with Crippen LogP contribution >= 0.6 is 12.2 Å². The van der Waals surface area contributed by atoms with Crippen molar-refractivity contribution in [3.05, 3.63) is 0 Å². The second-order valence-electron chi connectivity index (χ2n) is 1.47. The van der Waals surface area contributed by atoms with Gasteiger partial charge >= 0.3 is 5.97 Å². The largest absolute Gasteiger partial charge is 0.477 e. The van der Waals surface area contributed by atoms with Crippen LogP contribution in [0.1, 0.15) is 0 Å². The van der Waals surface area contributed by atoms with Crippen LogP contribution in [0.5, 0.6) is 0 Å². The molecule has 62 valence electrons. The number of carbonyl (C=O) groups is 1. The van der Waals surface area contributed by atoms with Crippen molar-refractivity contribution >= 4 is 29.0 Å². The van der Waals surface area contributed by atoms with E-state index in [9.17, 15) is 9.18 Å². The van der Waals surface area contributed by atoms with Crippen molar-refractivity contribution in [3.63, 3.8) is 0 Å². The monoisotopic (exact) mass is 179 g/mol. The number of carboxylic acids is 1. The van der Waals surface area contributed by atoms with Gasteiger partial charge in [0.05, 0.1) is 0 Å². The smallest absolute Gasteiger partial charge is 0.354 e. The number of aliphatic carboxylic acids is 1. The van der Waals surface area contributed by atoms with E-state index in [-0.39, 0.29) is 5.11 Å². The molecule has 0 fully saturated rings. The fraction of sp³-hybridized carbons (Fsp3) is 0.250. The van der Waals surface area contributed by atoms with Crippen molar-refractivity contribution in [3.8, 4) is 0 Å². The summed E-state index contributed by atoms with van der Waals surface area (Å²) in [4.78, 5) is 10.0. The molecular weight excluding hydrogens is 173 g/mol. The first-order valence-corrected chi connectivity index (χ1v) is 2.90. The lowest BCUT2D eigenvalue weighted by Gasteiger charge is -1.96. The SMILES string of the molecule is NC(=S)N/N=C(\CF)C(=O)O. The number of halogens is 1. The molecule has 0 rings (SSSR count). The number of rotatable bonds is 3. The van der Waals surface area contributed by atoms with Gasteiger partial charge in [-0.15, -0.1) is 0 Å². The van der Waals surface area contributed by atoms with E-state index in [1.807, 2.05) is 5.43 Å². The molecule has 0 aliphatic heterocycles. The lowest BCUT2D eigenvalue weighted by Crippen LogP contribution is -2.28. The second-order valence-corrected chi connectivity index (χ2v) is 1.91. The Morgan fingerprint density at radius 3 is 2.64 bits per heavy atom. The Hall–Kier alpha value is -1.24. The van der Waals surface area contributed by atoms with Gasteiger partial charge in [-0.25, -0.2) is 9.18 Å². The third-order valence-corrected chi connectivity index (χ3v) is 0.766.